The van der Waals surface area contributed by atoms with E-state index in [4.69, 9.17) is 14.2 Å². The van der Waals surface area contributed by atoms with Gasteiger partial charge in [-0.05, 0) is 102 Å². The van der Waals surface area contributed by atoms with E-state index in [1.165, 1.54) is 17.6 Å². The van der Waals surface area contributed by atoms with Crippen LogP contribution in [0.1, 0.15) is 116 Å². The Morgan fingerprint density at radius 2 is 1.11 bits per heavy atom. The fourth-order valence-electron chi connectivity index (χ4n) is 10.4. The van der Waals surface area contributed by atoms with Gasteiger partial charge in [-0.25, -0.2) is 51.1 Å². The maximum absolute atomic E-state index is 15.1. The summed E-state index contributed by atoms with van der Waals surface area (Å²) in [5.41, 5.74) is 1.63. The van der Waals surface area contributed by atoms with Crippen LogP contribution in [-0.2, 0) is 30.5 Å². The van der Waals surface area contributed by atoms with Gasteiger partial charge in [0.2, 0.25) is 0 Å². The van der Waals surface area contributed by atoms with Gasteiger partial charge in [-0.1, -0.05) is 0 Å². The summed E-state index contributed by atoms with van der Waals surface area (Å²) < 4.78 is 105. The van der Waals surface area contributed by atoms with E-state index in [-0.39, 0.29) is 60.5 Å². The lowest BCUT2D eigenvalue weighted by molar-refractivity contribution is -0.0170. The molecule has 8 atom stereocenters. The van der Waals surface area contributed by atoms with Crippen LogP contribution < -0.4 is 9.47 Å². The van der Waals surface area contributed by atoms with E-state index in [2.05, 4.69) is 19.9 Å². The van der Waals surface area contributed by atoms with Crippen LogP contribution in [0.25, 0.3) is 22.1 Å². The van der Waals surface area contributed by atoms with Crippen molar-refractivity contribution in [2.45, 2.75) is 153 Å². The fraction of sp³-hybridized carbons (Fsp3) is 0.500. The molecule has 2 fully saturated rings. The zero-order valence-electron chi connectivity index (χ0n) is 39.6. The number of ether oxygens (including phenoxy) is 3. The van der Waals surface area contributed by atoms with Crippen molar-refractivity contribution >= 4 is 28.2 Å². The first-order valence-corrected chi connectivity index (χ1v) is 23.6. The van der Waals surface area contributed by atoms with Crippen LogP contribution in [0.15, 0.2) is 49.3 Å². The third kappa shape index (κ3) is 9.48. The smallest absolute Gasteiger partial charge is 0.410 e. The zero-order valence-corrected chi connectivity index (χ0v) is 39.6. The lowest BCUT2D eigenvalue weighted by atomic mass is 9.89. The van der Waals surface area contributed by atoms with E-state index in [9.17, 15) is 47.2 Å². The van der Waals surface area contributed by atoms with Crippen molar-refractivity contribution in [1.82, 2.24) is 34.0 Å². The Morgan fingerprint density at radius 1 is 0.662 bits per heavy atom. The number of aryl methyl sites for hydroxylation is 2. The first kappa shape index (κ1) is 49.9. The molecule has 71 heavy (non-hydrogen) atoms. The van der Waals surface area contributed by atoms with Crippen LogP contribution in [0, 0.1) is 25.5 Å². The third-order valence-electron chi connectivity index (χ3n) is 14.0. The number of aliphatic hydroxyl groups excluding tert-OH is 4. The van der Waals surface area contributed by atoms with Crippen molar-refractivity contribution in [3.8, 4) is 11.5 Å². The van der Waals surface area contributed by atoms with Crippen LogP contribution in [0.2, 0.25) is 0 Å². The molecule has 0 spiro atoms. The number of fused-ring (bicyclic) bond motifs is 4. The highest BCUT2D eigenvalue weighted by Gasteiger charge is 2.47. The molecule has 0 saturated heterocycles. The summed E-state index contributed by atoms with van der Waals surface area (Å²) in [5.74, 6) is -1.79. The normalized spacial score (nSPS) is 24.3. The van der Waals surface area contributed by atoms with E-state index in [0.29, 0.717) is 29.7 Å². The number of aromatic nitrogens is 6. The molecule has 0 unspecified atom stereocenters. The average Bonchev–Trinajstić information content (AvgIpc) is 4.10. The monoisotopic (exact) mass is 995 g/mol. The Hall–Kier alpha value is -6.03. The molecule has 0 radical (unpaired) electrons. The van der Waals surface area contributed by atoms with Gasteiger partial charge in [-0.15, -0.1) is 0 Å². The van der Waals surface area contributed by atoms with E-state index in [1.807, 2.05) is 26.0 Å². The van der Waals surface area contributed by atoms with Crippen molar-refractivity contribution in [2.24, 2.45) is 0 Å². The number of carbonyl (C=O) groups excluding carboxylic acids is 1. The summed E-state index contributed by atoms with van der Waals surface area (Å²) in [7, 11) is 0. The number of hydrogen-bond donors (Lipinski definition) is 4. The number of halogens is 6. The van der Waals surface area contributed by atoms with Crippen LogP contribution >= 0.6 is 0 Å². The molecule has 15 nitrogen and oxygen atoms in total. The minimum atomic E-state index is -3.09. The van der Waals surface area contributed by atoms with Crippen LogP contribution in [-0.4, -0.2) is 109 Å². The molecular formula is C50H55F6N7O8. The second kappa shape index (κ2) is 19.5. The predicted octanol–water partition coefficient (Wildman–Crippen LogP) is 8.03. The maximum Gasteiger partial charge on any atom is 0.410 e. The number of hydrogen-bond acceptors (Lipinski definition) is 12. The molecule has 4 N–H and O–H groups in total. The Balaban J connectivity index is 0.000000179. The predicted molar refractivity (Wildman–Crippen MR) is 244 cm³/mol. The molecule has 5 heterocycles. The van der Waals surface area contributed by atoms with Crippen LogP contribution in [0.5, 0.6) is 11.5 Å². The quantitative estimate of drug-likeness (QED) is 0.108. The minimum Gasteiger partial charge on any atom is -0.487 e. The highest BCUT2D eigenvalue weighted by atomic mass is 19.3. The molecule has 2 aromatic carbocycles. The molecule has 1 amide bonds. The van der Waals surface area contributed by atoms with Crippen LogP contribution in [0.3, 0.4) is 0 Å². The number of benzene rings is 2. The molecular weight excluding hydrogens is 941 g/mol. The number of rotatable bonds is 8. The molecule has 10 rings (SSSR count). The van der Waals surface area contributed by atoms with Gasteiger partial charge in [0.25, 0.3) is 12.9 Å². The van der Waals surface area contributed by atoms with E-state index in [1.54, 1.807) is 42.3 Å². The molecule has 4 aromatic heterocycles. The Labute approximate surface area is 404 Å². The molecule has 0 bridgehead atoms. The molecule has 380 valence electrons. The molecule has 21 heteroatoms. The maximum atomic E-state index is 15.1. The second-order valence-corrected chi connectivity index (χ2v) is 19.7. The summed E-state index contributed by atoms with van der Waals surface area (Å²) in [4.78, 5) is 31.0. The van der Waals surface area contributed by atoms with Gasteiger partial charge in [0, 0.05) is 53.7 Å². The summed E-state index contributed by atoms with van der Waals surface area (Å²) in [6.45, 7) is 8.81. The van der Waals surface area contributed by atoms with Gasteiger partial charge >= 0.3 is 6.09 Å². The van der Waals surface area contributed by atoms with Gasteiger partial charge < -0.3 is 48.7 Å². The zero-order chi connectivity index (χ0) is 50.8. The van der Waals surface area contributed by atoms with E-state index in [0.717, 1.165) is 47.1 Å². The molecule has 4 aliphatic rings. The topological polar surface area (TPSA) is 190 Å². The van der Waals surface area contributed by atoms with Gasteiger partial charge in [-0.3, -0.25) is 0 Å². The average molecular weight is 996 g/mol. The third-order valence-corrected chi connectivity index (χ3v) is 14.0. The SMILES string of the molecule is Cc1ncnc2c1ccn2[C@@H]1C[C@H](Oc2cc(C(F)F)c(F)c3c2CCCC3)[C@@H](O)[C@H]1O.Cc1ncnc2c1ccn2[C@@H]1C[C@H](Oc2cc(C(F)F)c(F)c3c2CN(C(=O)OC(C)(C)C)CC3)[C@@H](O)[C@H]1O. The summed E-state index contributed by atoms with van der Waals surface area (Å²) in [5, 5.41) is 44.9. The van der Waals surface area contributed by atoms with Gasteiger partial charge in [0.05, 0.1) is 41.1 Å². The number of amides is 1. The molecule has 6 aromatic rings. The van der Waals surface area contributed by atoms with Crippen molar-refractivity contribution in [3.63, 3.8) is 0 Å². The van der Waals surface area contributed by atoms with Gasteiger partial charge in [0.1, 0.15) is 89.3 Å². The lowest BCUT2D eigenvalue weighted by Gasteiger charge is -2.33. The summed E-state index contributed by atoms with van der Waals surface area (Å²) in [6.07, 6.45) is -4.33. The molecule has 1 aliphatic heterocycles. The Morgan fingerprint density at radius 3 is 1.58 bits per heavy atom. The molecule has 3 aliphatic carbocycles. The standard InChI is InChI=1S/C27H31F3N4O5.C23H24F3N3O3/c1-13-14-6-8-34(25(14)32-12-31-13)18-10-20(23(36)22(18)35)38-19-9-16(24(29)30)21(28)15-5-7-33(11-17(15)19)26(37)39-27(2,3)4;1-11-12-6-7-29(23(12)28-10-27-11)16-9-18(21(31)20(16)30)32-17-8-15(22(25)26)19(24)14-5-3-2-4-13(14)17/h6,8-9,12,18,20,22-24,35-36H,5,7,10-11H2,1-4H3;6-8,10,16,18,20-22,30-31H,2-5,9H2,1H3/t18-,20+,22+,23-;16-,18+,20+,21-/m11/s1. The number of nitrogens with zero attached hydrogens (tertiary/aromatic N) is 7. The van der Waals surface area contributed by atoms with E-state index < -0.39 is 96.0 Å². The Kier molecular flexibility index (Phi) is 13.7. The van der Waals surface area contributed by atoms with Crippen molar-refractivity contribution in [3.05, 3.63) is 106 Å². The number of carbonyl (C=O) groups is 1. The number of aliphatic hydroxyl groups is 4. The largest absolute Gasteiger partial charge is 0.487 e. The van der Waals surface area contributed by atoms with Crippen molar-refractivity contribution < 1.29 is 65.8 Å². The van der Waals surface area contributed by atoms with Crippen LogP contribution in [0.4, 0.5) is 31.1 Å². The highest BCUT2D eigenvalue weighted by Crippen LogP contribution is 2.43. The fourth-order valence-corrected chi connectivity index (χ4v) is 10.4. The summed E-state index contributed by atoms with van der Waals surface area (Å²) >= 11 is 0. The van der Waals surface area contributed by atoms with Gasteiger partial charge in [-0.2, -0.15) is 0 Å². The van der Waals surface area contributed by atoms with Crippen molar-refractivity contribution in [2.75, 3.05) is 6.54 Å². The lowest BCUT2D eigenvalue weighted by Crippen LogP contribution is -2.40. The highest BCUT2D eigenvalue weighted by molar-refractivity contribution is 5.79. The first-order chi connectivity index (χ1) is 33.7. The summed E-state index contributed by atoms with van der Waals surface area (Å²) in [6, 6.07) is 4.50. The van der Waals surface area contributed by atoms with Gasteiger partial charge in [0.15, 0.2) is 0 Å². The minimum absolute atomic E-state index is 0.00971. The number of alkyl halides is 4. The van der Waals surface area contributed by atoms with E-state index >= 15 is 4.39 Å². The Bertz CT molecular complexity index is 2960. The second-order valence-electron chi connectivity index (χ2n) is 19.7. The molecule has 2 saturated carbocycles. The van der Waals surface area contributed by atoms with Crippen molar-refractivity contribution in [1.29, 1.82) is 0 Å². The first-order valence-electron chi connectivity index (χ1n) is 23.6.